The largest absolute Gasteiger partial charge is 0.492 e. The molecule has 1 fully saturated rings. The van der Waals surface area contributed by atoms with Crippen molar-refractivity contribution in [2.45, 2.75) is 52.3 Å². The Bertz CT molecular complexity index is 703. The maximum atomic E-state index is 12.4. The van der Waals surface area contributed by atoms with Gasteiger partial charge in [-0.05, 0) is 45.7 Å². The maximum absolute atomic E-state index is 12.4. The first kappa shape index (κ1) is 19.6. The van der Waals surface area contributed by atoms with Crippen LogP contribution in [0.3, 0.4) is 0 Å². The molecular formula is C19H26Cl2N2O3. The Hall–Kier alpha value is -1.17. The molecule has 1 saturated heterocycles. The van der Waals surface area contributed by atoms with Crippen LogP contribution >= 0.6 is 23.2 Å². The van der Waals surface area contributed by atoms with E-state index in [9.17, 15) is 4.79 Å². The second kappa shape index (κ2) is 7.45. The van der Waals surface area contributed by atoms with Crippen molar-refractivity contribution in [2.75, 3.05) is 26.2 Å². The zero-order chi connectivity index (χ0) is 19.1. The summed E-state index contributed by atoms with van der Waals surface area (Å²) in [7, 11) is 0. The number of rotatable bonds is 0. The fraction of sp³-hybridized carbons (Fsp3) is 0.632. The summed E-state index contributed by atoms with van der Waals surface area (Å²) in [6.45, 7) is 10.9. The lowest BCUT2D eigenvalue weighted by Gasteiger charge is -2.42. The van der Waals surface area contributed by atoms with Gasteiger partial charge in [-0.25, -0.2) is 4.79 Å². The van der Waals surface area contributed by atoms with Gasteiger partial charge in [0.25, 0.3) is 0 Å². The molecule has 5 nitrogen and oxygen atoms in total. The van der Waals surface area contributed by atoms with Crippen molar-refractivity contribution < 1.29 is 14.3 Å². The van der Waals surface area contributed by atoms with E-state index in [0.29, 0.717) is 36.3 Å². The number of carbonyl (C=O) groups excluding carboxylic acids is 1. The predicted octanol–water partition coefficient (Wildman–Crippen LogP) is 4.51. The highest BCUT2D eigenvalue weighted by Crippen LogP contribution is 2.38. The van der Waals surface area contributed by atoms with Gasteiger partial charge < -0.3 is 14.4 Å². The molecule has 2 aliphatic rings. The third kappa shape index (κ3) is 4.21. The molecular weight excluding hydrogens is 375 g/mol. The Morgan fingerprint density at radius 1 is 1.31 bits per heavy atom. The molecule has 3 rings (SSSR count). The van der Waals surface area contributed by atoms with Crippen LogP contribution < -0.4 is 4.74 Å². The number of amides is 1. The molecule has 1 amide bonds. The van der Waals surface area contributed by atoms with Gasteiger partial charge in [0.15, 0.2) is 0 Å². The van der Waals surface area contributed by atoms with E-state index >= 15 is 0 Å². The minimum atomic E-state index is -0.484. The summed E-state index contributed by atoms with van der Waals surface area (Å²) in [6, 6.07) is 2.17. The Balaban J connectivity index is 1.75. The van der Waals surface area contributed by atoms with E-state index in [0.717, 1.165) is 29.8 Å². The molecule has 0 saturated carbocycles. The molecule has 0 radical (unpaired) electrons. The highest BCUT2D eigenvalue weighted by molar-refractivity contribution is 6.37. The van der Waals surface area contributed by atoms with E-state index in [1.807, 2.05) is 33.8 Å². The van der Waals surface area contributed by atoms with Gasteiger partial charge in [0.2, 0.25) is 0 Å². The number of piperazine rings is 1. The van der Waals surface area contributed by atoms with Crippen molar-refractivity contribution in [1.29, 1.82) is 0 Å². The molecule has 1 aromatic rings. The molecule has 26 heavy (non-hydrogen) atoms. The lowest BCUT2D eigenvalue weighted by Crippen LogP contribution is -2.55. The number of halogens is 2. The SMILES string of the molecule is Cc1c(Cl)cc2c(c1Cl)OCCC1CN(C(=O)OC(C)(C)C)CCN1C2. The predicted molar refractivity (Wildman–Crippen MR) is 103 cm³/mol. The summed E-state index contributed by atoms with van der Waals surface area (Å²) < 4.78 is 11.5. The van der Waals surface area contributed by atoms with Gasteiger partial charge in [-0.15, -0.1) is 0 Å². The third-order valence-corrected chi connectivity index (χ3v) is 5.65. The van der Waals surface area contributed by atoms with E-state index in [4.69, 9.17) is 32.7 Å². The van der Waals surface area contributed by atoms with Gasteiger partial charge in [-0.1, -0.05) is 23.2 Å². The monoisotopic (exact) mass is 400 g/mol. The average molecular weight is 401 g/mol. The molecule has 2 heterocycles. The maximum Gasteiger partial charge on any atom is 0.410 e. The third-order valence-electron chi connectivity index (χ3n) is 4.81. The summed E-state index contributed by atoms with van der Waals surface area (Å²) in [6.07, 6.45) is 0.582. The lowest BCUT2D eigenvalue weighted by atomic mass is 10.0. The smallest absolute Gasteiger partial charge is 0.410 e. The minimum Gasteiger partial charge on any atom is -0.492 e. The fourth-order valence-electron chi connectivity index (χ4n) is 3.40. The zero-order valence-electron chi connectivity index (χ0n) is 15.8. The van der Waals surface area contributed by atoms with Gasteiger partial charge >= 0.3 is 6.09 Å². The first-order valence-corrected chi connectivity index (χ1v) is 9.73. The van der Waals surface area contributed by atoms with E-state index in [-0.39, 0.29) is 12.1 Å². The summed E-state index contributed by atoms with van der Waals surface area (Å²) in [5.41, 5.74) is 1.36. The zero-order valence-corrected chi connectivity index (χ0v) is 17.3. The molecule has 144 valence electrons. The summed E-state index contributed by atoms with van der Waals surface area (Å²) in [5, 5.41) is 1.25. The summed E-state index contributed by atoms with van der Waals surface area (Å²) in [5.74, 6) is 0.738. The number of hydrogen-bond acceptors (Lipinski definition) is 4. The van der Waals surface area contributed by atoms with E-state index in [1.54, 1.807) is 4.90 Å². The van der Waals surface area contributed by atoms with E-state index in [1.165, 1.54) is 0 Å². The molecule has 0 aromatic heterocycles. The topological polar surface area (TPSA) is 42.0 Å². The van der Waals surface area contributed by atoms with Crippen molar-refractivity contribution in [1.82, 2.24) is 9.80 Å². The molecule has 1 unspecified atom stereocenters. The van der Waals surface area contributed by atoms with Crippen LogP contribution in [0.25, 0.3) is 0 Å². The Labute approximate surface area is 165 Å². The number of nitrogens with zero attached hydrogens (tertiary/aromatic N) is 2. The van der Waals surface area contributed by atoms with Gasteiger partial charge in [0.05, 0.1) is 11.6 Å². The van der Waals surface area contributed by atoms with Crippen LogP contribution in [0.15, 0.2) is 6.07 Å². The fourth-order valence-corrected chi connectivity index (χ4v) is 3.95. The van der Waals surface area contributed by atoms with E-state index < -0.39 is 5.60 Å². The van der Waals surface area contributed by atoms with Crippen LogP contribution in [0.1, 0.15) is 38.3 Å². The molecule has 2 aliphatic heterocycles. The normalized spacial score (nSPS) is 21.2. The van der Waals surface area contributed by atoms with Crippen LogP contribution in [-0.2, 0) is 11.3 Å². The van der Waals surface area contributed by atoms with Crippen LogP contribution in [0.4, 0.5) is 4.79 Å². The second-order valence-electron chi connectivity index (χ2n) is 7.97. The highest BCUT2D eigenvalue weighted by Gasteiger charge is 2.33. The van der Waals surface area contributed by atoms with Gasteiger partial charge in [0, 0.05) is 42.8 Å². The van der Waals surface area contributed by atoms with Crippen LogP contribution in [0.2, 0.25) is 10.0 Å². The number of fused-ring (bicyclic) bond motifs is 2. The first-order valence-electron chi connectivity index (χ1n) is 8.98. The molecule has 0 spiro atoms. The molecule has 1 atom stereocenters. The summed E-state index contributed by atoms with van der Waals surface area (Å²) >= 11 is 12.8. The average Bonchev–Trinajstić information content (AvgIpc) is 2.53. The Morgan fingerprint density at radius 3 is 2.73 bits per heavy atom. The van der Waals surface area contributed by atoms with Crippen molar-refractivity contribution >= 4 is 29.3 Å². The number of hydrogen-bond donors (Lipinski definition) is 0. The summed E-state index contributed by atoms with van der Waals surface area (Å²) in [4.78, 5) is 16.6. The number of carbonyl (C=O) groups is 1. The van der Waals surface area contributed by atoms with Gasteiger partial charge in [-0.3, -0.25) is 4.90 Å². The molecule has 0 N–H and O–H groups in total. The molecule has 0 bridgehead atoms. The van der Waals surface area contributed by atoms with Crippen molar-refractivity contribution in [3.63, 3.8) is 0 Å². The van der Waals surface area contributed by atoms with Gasteiger partial charge in [0.1, 0.15) is 11.4 Å². The molecule has 1 aromatic carbocycles. The highest BCUT2D eigenvalue weighted by atomic mass is 35.5. The first-order chi connectivity index (χ1) is 12.2. The van der Waals surface area contributed by atoms with Crippen LogP contribution in [0.5, 0.6) is 5.75 Å². The Morgan fingerprint density at radius 2 is 2.04 bits per heavy atom. The van der Waals surface area contributed by atoms with Crippen molar-refractivity contribution in [2.24, 2.45) is 0 Å². The molecule has 0 aliphatic carbocycles. The quantitative estimate of drug-likeness (QED) is 0.642. The number of ether oxygens (including phenoxy) is 2. The molecule has 7 heteroatoms. The van der Waals surface area contributed by atoms with Gasteiger partial charge in [-0.2, -0.15) is 0 Å². The standard InChI is InChI=1S/C19H26Cl2N2O3/c1-12-15(20)9-13-10-22-6-7-23(18(24)26-19(2,3)4)11-14(22)5-8-25-17(13)16(12)21/h9,14H,5-8,10-11H2,1-4H3. The minimum absolute atomic E-state index is 0.225. The van der Waals surface area contributed by atoms with Crippen LogP contribution in [-0.4, -0.2) is 53.8 Å². The second-order valence-corrected chi connectivity index (χ2v) is 8.76. The Kier molecular flexibility index (Phi) is 5.61. The van der Waals surface area contributed by atoms with Crippen molar-refractivity contribution in [3.8, 4) is 5.75 Å². The lowest BCUT2D eigenvalue weighted by molar-refractivity contribution is -0.00193. The number of benzene rings is 1. The van der Waals surface area contributed by atoms with Crippen molar-refractivity contribution in [3.05, 3.63) is 27.2 Å². The van der Waals surface area contributed by atoms with Crippen LogP contribution in [0, 0.1) is 6.92 Å². The van der Waals surface area contributed by atoms with E-state index in [2.05, 4.69) is 4.90 Å².